The molecule has 28 heavy (non-hydrogen) atoms. The predicted octanol–water partition coefficient (Wildman–Crippen LogP) is 8.09. The number of unbranched alkanes of at least 4 members (excludes halogenated alkanes) is 9. The van der Waals surface area contributed by atoms with Gasteiger partial charge < -0.3 is 10.4 Å². The van der Waals surface area contributed by atoms with Crippen LogP contribution in [0, 0.1) is 0 Å². The third-order valence-electron chi connectivity index (χ3n) is 4.52. The molecule has 8 heteroatoms. The summed E-state index contributed by atoms with van der Waals surface area (Å²) in [6, 6.07) is 0. The minimum atomic E-state index is -1.16. The van der Waals surface area contributed by atoms with Gasteiger partial charge in [-0.15, -0.1) is 0 Å². The zero-order chi connectivity index (χ0) is 21.1. The Kier molecular flexibility index (Phi) is 13.2. The molecule has 4 nitrogen and oxygen atoms in total. The zero-order valence-electron chi connectivity index (χ0n) is 16.1. The highest BCUT2D eigenvalue weighted by Crippen LogP contribution is 2.42. The second-order valence-electron chi connectivity index (χ2n) is 6.75. The van der Waals surface area contributed by atoms with Crippen LogP contribution in [-0.2, 0) is 0 Å². The van der Waals surface area contributed by atoms with Crippen LogP contribution in [0.5, 0.6) is 0 Å². The van der Waals surface area contributed by atoms with E-state index in [0.29, 0.717) is 24.4 Å². The maximum atomic E-state index is 12.6. The van der Waals surface area contributed by atoms with Crippen molar-refractivity contribution in [2.24, 2.45) is 0 Å². The van der Waals surface area contributed by atoms with Crippen LogP contribution in [0.25, 0.3) is 0 Å². The van der Waals surface area contributed by atoms with Gasteiger partial charge in [-0.25, -0.2) is 4.79 Å². The summed E-state index contributed by atoms with van der Waals surface area (Å²) in [5, 5.41) is 12.4. The van der Waals surface area contributed by atoms with E-state index in [0.717, 1.165) is 12.8 Å². The lowest BCUT2D eigenvalue weighted by Crippen LogP contribution is -2.27. The van der Waals surface area contributed by atoms with Gasteiger partial charge in [0.2, 0.25) is 0 Å². The van der Waals surface area contributed by atoms with Gasteiger partial charge in [0.1, 0.15) is 0 Å². The van der Waals surface area contributed by atoms with Gasteiger partial charge in [-0.1, -0.05) is 64.7 Å². The number of benzene rings is 1. The molecule has 0 saturated carbocycles. The van der Waals surface area contributed by atoms with Gasteiger partial charge in [-0.05, 0) is 70.1 Å². The molecule has 0 unspecified atom stereocenters. The van der Waals surface area contributed by atoms with Gasteiger partial charge >= 0.3 is 5.97 Å². The van der Waals surface area contributed by atoms with Gasteiger partial charge in [0.25, 0.3) is 5.91 Å². The summed E-state index contributed by atoms with van der Waals surface area (Å²) in [4.78, 5) is 24.3. The molecule has 1 rings (SSSR count). The summed E-state index contributed by atoms with van der Waals surface area (Å²) in [6.07, 6.45) is 12.3. The third-order valence-corrected chi connectivity index (χ3v) is 9.29. The van der Waals surface area contributed by atoms with Gasteiger partial charge in [-0.2, -0.15) is 0 Å². The van der Waals surface area contributed by atoms with Crippen molar-refractivity contribution >= 4 is 75.6 Å². The number of halogens is 4. The molecule has 0 fully saturated rings. The topological polar surface area (TPSA) is 66.4 Å². The van der Waals surface area contributed by atoms with Gasteiger partial charge in [-0.3, -0.25) is 4.79 Å². The standard InChI is InChI=1S/C20H27Br4NO3/c1-2-3-4-5-6-7-8-9-10-11-12-25-19(26)13-14(20(27)28)16(22)18(24)17(23)15(13)21/h2-12H2,1H3,(H,25,26)(H,27,28). The number of hydrogen-bond acceptors (Lipinski definition) is 2. The van der Waals surface area contributed by atoms with Crippen LogP contribution in [0.3, 0.4) is 0 Å². The first-order valence-electron chi connectivity index (χ1n) is 9.70. The normalized spacial score (nSPS) is 10.9. The van der Waals surface area contributed by atoms with Gasteiger partial charge in [0.15, 0.2) is 0 Å². The lowest BCUT2D eigenvalue weighted by molar-refractivity contribution is 0.0689. The SMILES string of the molecule is CCCCCCCCCCCCNC(=O)c1c(Br)c(Br)c(Br)c(Br)c1C(=O)O. The minimum Gasteiger partial charge on any atom is -0.478 e. The summed E-state index contributed by atoms with van der Waals surface area (Å²) < 4.78 is 1.89. The maximum Gasteiger partial charge on any atom is 0.337 e. The number of carbonyl (C=O) groups excluding carboxylic acids is 1. The number of aromatic carboxylic acids is 1. The number of carboxylic acid groups (broad SMARTS) is 1. The van der Waals surface area contributed by atoms with Gasteiger partial charge in [0, 0.05) is 24.4 Å². The highest BCUT2D eigenvalue weighted by Gasteiger charge is 2.27. The van der Waals surface area contributed by atoms with E-state index in [2.05, 4.69) is 76.0 Å². The fourth-order valence-corrected chi connectivity index (χ4v) is 5.42. The van der Waals surface area contributed by atoms with E-state index in [9.17, 15) is 14.7 Å². The van der Waals surface area contributed by atoms with Crippen LogP contribution < -0.4 is 5.32 Å². The molecule has 0 bridgehead atoms. The minimum absolute atomic E-state index is 0.0671. The molecule has 158 valence electrons. The quantitative estimate of drug-likeness (QED) is 0.129. The maximum absolute atomic E-state index is 12.6. The molecule has 0 aromatic heterocycles. The summed E-state index contributed by atoms with van der Waals surface area (Å²) in [5.74, 6) is -1.56. The van der Waals surface area contributed by atoms with Crippen LogP contribution in [0.15, 0.2) is 17.9 Å². The average molecular weight is 649 g/mol. The van der Waals surface area contributed by atoms with E-state index in [-0.39, 0.29) is 11.1 Å². The number of carbonyl (C=O) groups is 2. The molecule has 0 atom stereocenters. The molecule has 0 radical (unpaired) electrons. The Bertz CT molecular complexity index is 680. The Morgan fingerprint density at radius 3 is 1.61 bits per heavy atom. The summed E-state index contributed by atoms with van der Waals surface area (Å²) >= 11 is 13.3. The molecule has 1 amide bonds. The number of rotatable bonds is 13. The summed E-state index contributed by atoms with van der Waals surface area (Å²) in [7, 11) is 0. The van der Waals surface area contributed by atoms with E-state index in [1.807, 2.05) is 0 Å². The van der Waals surface area contributed by atoms with Crippen LogP contribution in [0.4, 0.5) is 0 Å². The van der Waals surface area contributed by atoms with E-state index < -0.39 is 11.9 Å². The fraction of sp³-hybridized carbons (Fsp3) is 0.600. The monoisotopic (exact) mass is 645 g/mol. The highest BCUT2D eigenvalue weighted by molar-refractivity contribution is 9.15. The Labute approximate surface area is 201 Å². The Morgan fingerprint density at radius 1 is 0.714 bits per heavy atom. The molecule has 0 aliphatic carbocycles. The van der Waals surface area contributed by atoms with Crippen LogP contribution >= 0.6 is 63.7 Å². The Hall–Kier alpha value is 0.0800. The molecule has 0 saturated heterocycles. The molecule has 1 aromatic carbocycles. The lowest BCUT2D eigenvalue weighted by Gasteiger charge is -2.14. The predicted molar refractivity (Wildman–Crippen MR) is 128 cm³/mol. The first-order chi connectivity index (χ1) is 13.3. The fourth-order valence-electron chi connectivity index (χ4n) is 2.95. The van der Waals surface area contributed by atoms with Crippen molar-refractivity contribution in [3.8, 4) is 0 Å². The van der Waals surface area contributed by atoms with Crippen molar-refractivity contribution in [3.63, 3.8) is 0 Å². The molecule has 0 aliphatic rings. The average Bonchev–Trinajstić information content (AvgIpc) is 2.66. The van der Waals surface area contributed by atoms with Crippen molar-refractivity contribution in [1.82, 2.24) is 5.32 Å². The summed E-state index contributed by atoms with van der Waals surface area (Å²) in [6.45, 7) is 2.76. The van der Waals surface area contributed by atoms with Crippen molar-refractivity contribution in [1.29, 1.82) is 0 Å². The highest BCUT2D eigenvalue weighted by atomic mass is 79.9. The molecule has 0 spiro atoms. The van der Waals surface area contributed by atoms with Crippen molar-refractivity contribution < 1.29 is 14.7 Å². The molecule has 0 aliphatic heterocycles. The molecule has 1 aromatic rings. The Balaban J connectivity index is 2.45. The number of nitrogens with one attached hydrogen (secondary N) is 1. The number of amides is 1. The lowest BCUT2D eigenvalue weighted by atomic mass is 10.1. The summed E-state index contributed by atoms with van der Waals surface area (Å²) in [5.41, 5.74) is 0.0454. The zero-order valence-corrected chi connectivity index (χ0v) is 22.4. The first-order valence-corrected chi connectivity index (χ1v) is 12.9. The molecule has 2 N–H and O–H groups in total. The second-order valence-corrected chi connectivity index (χ2v) is 9.92. The Morgan fingerprint density at radius 2 is 1.14 bits per heavy atom. The largest absolute Gasteiger partial charge is 0.478 e. The smallest absolute Gasteiger partial charge is 0.337 e. The van der Waals surface area contributed by atoms with E-state index in [4.69, 9.17) is 0 Å². The number of carboxylic acids is 1. The van der Waals surface area contributed by atoms with Crippen LogP contribution in [0.2, 0.25) is 0 Å². The number of hydrogen-bond donors (Lipinski definition) is 2. The van der Waals surface area contributed by atoms with Crippen molar-refractivity contribution in [2.75, 3.05) is 6.54 Å². The molecular weight excluding hydrogens is 622 g/mol. The third kappa shape index (κ3) is 8.07. The van der Waals surface area contributed by atoms with Crippen molar-refractivity contribution in [3.05, 3.63) is 29.0 Å². The van der Waals surface area contributed by atoms with Crippen molar-refractivity contribution in [2.45, 2.75) is 71.1 Å². The second kappa shape index (κ2) is 14.1. The molecular formula is C20H27Br4NO3. The van der Waals surface area contributed by atoms with Gasteiger partial charge in [0.05, 0.1) is 11.1 Å². The van der Waals surface area contributed by atoms with E-state index >= 15 is 0 Å². The first kappa shape index (κ1) is 26.1. The van der Waals surface area contributed by atoms with E-state index in [1.165, 1.54) is 51.4 Å². The molecule has 0 heterocycles. The van der Waals surface area contributed by atoms with Crippen LogP contribution in [-0.4, -0.2) is 23.5 Å². The van der Waals surface area contributed by atoms with Crippen LogP contribution in [0.1, 0.15) is 91.8 Å². The van der Waals surface area contributed by atoms with E-state index in [1.54, 1.807) is 0 Å².